The molecule has 2 saturated heterocycles. The van der Waals surface area contributed by atoms with Gasteiger partial charge in [0.1, 0.15) is 23.4 Å². The molecule has 1 saturated carbocycles. The molecule has 3 rings (SSSR count). The van der Waals surface area contributed by atoms with Crippen molar-refractivity contribution in [3.8, 4) is 0 Å². The molecule has 166 valence electrons. The third-order valence-electron chi connectivity index (χ3n) is 6.80. The van der Waals surface area contributed by atoms with E-state index in [4.69, 9.17) is 18.9 Å². The van der Waals surface area contributed by atoms with Crippen LogP contribution < -0.4 is 5.32 Å². The van der Waals surface area contributed by atoms with Gasteiger partial charge in [0.25, 0.3) is 0 Å². The summed E-state index contributed by atoms with van der Waals surface area (Å²) in [6.45, 7) is 10.8. The molecule has 29 heavy (non-hydrogen) atoms. The topological polar surface area (TPSA) is 92.9 Å². The number of rotatable bonds is 8. The lowest BCUT2D eigenvalue weighted by molar-refractivity contribution is -0.118. The van der Waals surface area contributed by atoms with Crippen molar-refractivity contribution in [3.63, 3.8) is 0 Å². The first-order valence-corrected chi connectivity index (χ1v) is 10.7. The summed E-state index contributed by atoms with van der Waals surface area (Å²) >= 11 is 0. The molecule has 1 spiro atoms. The summed E-state index contributed by atoms with van der Waals surface area (Å²) in [5, 5.41) is 12.2. The van der Waals surface area contributed by atoms with Gasteiger partial charge in [0.15, 0.2) is 0 Å². The number of carbonyl (C=O) groups excluding carboxylic acids is 1. The van der Waals surface area contributed by atoms with E-state index in [0.29, 0.717) is 13.0 Å². The zero-order chi connectivity index (χ0) is 21.4. The zero-order valence-corrected chi connectivity index (χ0v) is 18.6. The third-order valence-corrected chi connectivity index (χ3v) is 6.80. The van der Waals surface area contributed by atoms with Crippen LogP contribution in [0.15, 0.2) is 11.6 Å². The molecule has 1 aliphatic carbocycles. The van der Waals surface area contributed by atoms with E-state index in [1.807, 2.05) is 13.8 Å². The average Bonchev–Trinajstić information content (AvgIpc) is 3.57. The van der Waals surface area contributed by atoms with Crippen LogP contribution in [-0.2, 0) is 18.9 Å². The smallest absolute Gasteiger partial charge is 0.407 e. The molecule has 1 amide bonds. The van der Waals surface area contributed by atoms with Gasteiger partial charge >= 0.3 is 6.09 Å². The number of methoxy groups -OCH3 is 1. The van der Waals surface area contributed by atoms with Crippen molar-refractivity contribution in [3.05, 3.63) is 11.6 Å². The van der Waals surface area contributed by atoms with Crippen molar-refractivity contribution in [1.82, 2.24) is 5.32 Å². The summed E-state index contributed by atoms with van der Waals surface area (Å²) in [4.78, 5) is 12.5. The van der Waals surface area contributed by atoms with Gasteiger partial charge in [-0.05, 0) is 46.0 Å². The fraction of sp³-hybridized carbons (Fsp3) is 0.864. The molecular weight excluding hydrogens is 374 g/mol. The number of hydrogen-bond donors (Lipinski definition) is 2. The number of allylic oxidation sites excluding steroid dienone is 1. The Morgan fingerprint density at radius 1 is 1.38 bits per heavy atom. The Hall–Kier alpha value is -1.15. The molecule has 0 aromatic heterocycles. The van der Waals surface area contributed by atoms with Crippen molar-refractivity contribution in [2.75, 3.05) is 20.3 Å². The quantitative estimate of drug-likeness (QED) is 0.471. The molecule has 2 aliphatic heterocycles. The molecule has 0 radical (unpaired) electrons. The lowest BCUT2D eigenvalue weighted by Gasteiger charge is -2.42. The number of carbonyl (C=O) groups is 1. The summed E-state index contributed by atoms with van der Waals surface area (Å²) in [5.41, 5.74) is 0.679. The third kappa shape index (κ3) is 4.63. The first-order chi connectivity index (χ1) is 13.7. The Labute approximate surface area is 174 Å². The van der Waals surface area contributed by atoms with Crippen LogP contribution in [0.3, 0.4) is 0 Å². The van der Waals surface area contributed by atoms with Gasteiger partial charge in [0, 0.05) is 7.11 Å². The normalized spacial score (nSPS) is 39.2. The molecule has 7 atom stereocenters. The molecule has 0 aromatic rings. The number of aliphatic hydroxyl groups excluding tert-OH is 1. The Balaban J connectivity index is 1.70. The predicted molar refractivity (Wildman–Crippen MR) is 109 cm³/mol. The van der Waals surface area contributed by atoms with Crippen LogP contribution in [0, 0.1) is 11.8 Å². The number of alkyl carbamates (subject to hydrolysis) is 1. The highest BCUT2D eigenvalue weighted by Crippen LogP contribution is 2.59. The van der Waals surface area contributed by atoms with Gasteiger partial charge < -0.3 is 29.4 Å². The Morgan fingerprint density at radius 2 is 2.07 bits per heavy atom. The van der Waals surface area contributed by atoms with Crippen LogP contribution in [0.2, 0.25) is 0 Å². The molecule has 3 fully saturated rings. The van der Waals surface area contributed by atoms with Crippen LogP contribution in [-0.4, -0.2) is 67.1 Å². The minimum atomic E-state index is -0.515. The fourth-order valence-corrected chi connectivity index (χ4v) is 4.82. The number of hydrogen-bond acceptors (Lipinski definition) is 6. The van der Waals surface area contributed by atoms with Gasteiger partial charge in [-0.3, -0.25) is 0 Å². The summed E-state index contributed by atoms with van der Waals surface area (Å²) < 4.78 is 23.8. The highest BCUT2D eigenvalue weighted by atomic mass is 16.6. The Morgan fingerprint density at radius 3 is 2.59 bits per heavy atom. The van der Waals surface area contributed by atoms with E-state index >= 15 is 0 Å². The summed E-state index contributed by atoms with van der Waals surface area (Å²) in [7, 11) is 1.66. The number of nitrogens with one attached hydrogen (secondary N) is 1. The minimum Gasteiger partial charge on any atom is -0.443 e. The van der Waals surface area contributed by atoms with Crippen LogP contribution in [0.25, 0.3) is 0 Å². The van der Waals surface area contributed by atoms with Crippen molar-refractivity contribution >= 4 is 6.09 Å². The minimum absolute atomic E-state index is 0.000787. The van der Waals surface area contributed by atoms with E-state index in [1.165, 1.54) is 5.57 Å². The molecule has 0 bridgehead atoms. The largest absolute Gasteiger partial charge is 0.443 e. The van der Waals surface area contributed by atoms with Crippen molar-refractivity contribution < 1.29 is 28.8 Å². The SMILES string of the molecule is COC1C(OC(=O)N[C@@H](CO)C(C)C)CC[C@]2(CO2)C1[C@]1(C)O[C@@H]1CC=C(C)C. The fourth-order valence-electron chi connectivity index (χ4n) is 4.82. The van der Waals surface area contributed by atoms with E-state index in [0.717, 1.165) is 12.8 Å². The van der Waals surface area contributed by atoms with Gasteiger partial charge in [-0.1, -0.05) is 25.5 Å². The van der Waals surface area contributed by atoms with Crippen LogP contribution >= 0.6 is 0 Å². The summed E-state index contributed by atoms with van der Waals surface area (Å²) in [5.74, 6) is 0.114. The summed E-state index contributed by atoms with van der Waals surface area (Å²) in [6, 6.07) is -0.335. The Bertz CT molecular complexity index is 627. The molecule has 7 heteroatoms. The van der Waals surface area contributed by atoms with Crippen LogP contribution in [0.4, 0.5) is 4.79 Å². The van der Waals surface area contributed by atoms with Crippen molar-refractivity contribution in [1.29, 1.82) is 0 Å². The maximum absolute atomic E-state index is 12.5. The number of epoxide rings is 2. The van der Waals surface area contributed by atoms with Crippen LogP contribution in [0.5, 0.6) is 0 Å². The Kier molecular flexibility index (Phi) is 6.63. The van der Waals surface area contributed by atoms with E-state index in [-0.39, 0.29) is 54.0 Å². The zero-order valence-electron chi connectivity index (χ0n) is 18.6. The number of amides is 1. The molecule has 7 nitrogen and oxygen atoms in total. The molecular formula is C22H37NO6. The number of aliphatic hydroxyl groups is 1. The van der Waals surface area contributed by atoms with Gasteiger partial charge in [-0.2, -0.15) is 0 Å². The second-order valence-electron chi connectivity index (χ2n) is 9.50. The molecule has 3 unspecified atom stereocenters. The second kappa shape index (κ2) is 8.53. The molecule has 2 heterocycles. The van der Waals surface area contributed by atoms with Crippen molar-refractivity contribution in [2.45, 2.75) is 89.4 Å². The first-order valence-electron chi connectivity index (χ1n) is 10.7. The van der Waals surface area contributed by atoms with Crippen molar-refractivity contribution in [2.24, 2.45) is 11.8 Å². The number of ether oxygens (including phenoxy) is 4. The van der Waals surface area contributed by atoms with Gasteiger partial charge in [-0.25, -0.2) is 4.79 Å². The monoisotopic (exact) mass is 411 g/mol. The first kappa shape index (κ1) is 22.5. The standard InChI is InChI=1S/C22H37NO6/c1-13(2)7-8-17-21(5,29-17)19-18(26-6)16(9-10-22(19)12-27-22)28-20(25)23-15(11-24)14(3)4/h7,14-19,24H,8-12H2,1-6H3,(H,23,25)/t15-,16?,17+,18?,19?,21+,22-/m0/s1. The maximum Gasteiger partial charge on any atom is 0.407 e. The molecule has 3 aliphatic rings. The molecule has 0 aromatic carbocycles. The highest BCUT2D eigenvalue weighted by Gasteiger charge is 2.72. The van der Waals surface area contributed by atoms with E-state index < -0.39 is 6.09 Å². The van der Waals surface area contributed by atoms with Gasteiger partial charge in [0.05, 0.1) is 31.3 Å². The average molecular weight is 412 g/mol. The molecule has 2 N–H and O–H groups in total. The van der Waals surface area contributed by atoms with Gasteiger partial charge in [-0.15, -0.1) is 0 Å². The maximum atomic E-state index is 12.5. The van der Waals surface area contributed by atoms with Crippen LogP contribution in [0.1, 0.15) is 53.9 Å². The predicted octanol–water partition coefficient (Wildman–Crippen LogP) is 2.81. The summed E-state index contributed by atoms with van der Waals surface area (Å²) in [6.07, 6.45) is 3.48. The second-order valence-corrected chi connectivity index (χ2v) is 9.50. The van der Waals surface area contributed by atoms with E-state index in [1.54, 1.807) is 7.11 Å². The van der Waals surface area contributed by atoms with E-state index in [2.05, 4.69) is 32.2 Å². The lowest BCUT2D eigenvalue weighted by atomic mass is 9.68. The van der Waals surface area contributed by atoms with Gasteiger partial charge in [0.2, 0.25) is 0 Å². The lowest BCUT2D eigenvalue weighted by Crippen LogP contribution is -2.56. The van der Waals surface area contributed by atoms with E-state index in [9.17, 15) is 9.90 Å². The highest BCUT2D eigenvalue weighted by molar-refractivity contribution is 5.68.